The van der Waals surface area contributed by atoms with Crippen molar-refractivity contribution in [2.24, 2.45) is 5.73 Å². The van der Waals surface area contributed by atoms with E-state index in [2.05, 4.69) is 0 Å². The molecule has 1 aromatic carbocycles. The Kier molecular flexibility index (Phi) is 5.64. The van der Waals surface area contributed by atoms with Gasteiger partial charge < -0.3 is 5.73 Å². The van der Waals surface area contributed by atoms with Crippen LogP contribution >= 0.6 is 12.4 Å². The summed E-state index contributed by atoms with van der Waals surface area (Å²) in [7, 11) is 0. The van der Waals surface area contributed by atoms with Gasteiger partial charge in [-0.3, -0.25) is 0 Å². The highest BCUT2D eigenvalue weighted by atomic mass is 35.5. The summed E-state index contributed by atoms with van der Waals surface area (Å²) in [6.45, 7) is 0. The first-order valence-corrected chi connectivity index (χ1v) is 4.70. The van der Waals surface area contributed by atoms with Crippen LogP contribution < -0.4 is 5.73 Å². The number of benzene rings is 1. The molecule has 0 aliphatic heterocycles. The van der Waals surface area contributed by atoms with E-state index in [1.54, 1.807) is 0 Å². The summed E-state index contributed by atoms with van der Waals surface area (Å²) in [5, 5.41) is 0. The lowest BCUT2D eigenvalue weighted by molar-refractivity contribution is -0.140. The van der Waals surface area contributed by atoms with Crippen LogP contribution in [0.4, 0.5) is 30.7 Å². The van der Waals surface area contributed by atoms with Gasteiger partial charge in [-0.15, -0.1) is 12.4 Å². The first kappa shape index (κ1) is 18.0. The Labute approximate surface area is 110 Å². The maximum Gasteiger partial charge on any atom is 0.419 e. The SMILES string of the molecule is Cl.N[C@@H](CC(F)(F)F)c1cccc(C(F)(F)F)c1F. The first-order valence-electron chi connectivity index (χ1n) is 4.70. The largest absolute Gasteiger partial charge is 0.419 e. The van der Waals surface area contributed by atoms with Crippen LogP contribution in [0.15, 0.2) is 18.2 Å². The topological polar surface area (TPSA) is 26.0 Å². The van der Waals surface area contributed by atoms with Gasteiger partial charge in [0, 0.05) is 11.6 Å². The number of halogens is 8. The van der Waals surface area contributed by atoms with Crippen molar-refractivity contribution in [2.75, 3.05) is 0 Å². The smallest absolute Gasteiger partial charge is 0.324 e. The van der Waals surface area contributed by atoms with Gasteiger partial charge in [0.25, 0.3) is 0 Å². The fraction of sp³-hybridized carbons (Fsp3) is 0.400. The van der Waals surface area contributed by atoms with E-state index in [0.717, 1.165) is 12.1 Å². The van der Waals surface area contributed by atoms with Gasteiger partial charge in [0.05, 0.1) is 12.0 Å². The molecule has 0 aliphatic carbocycles. The Morgan fingerprint density at radius 3 is 2.00 bits per heavy atom. The van der Waals surface area contributed by atoms with E-state index in [-0.39, 0.29) is 12.4 Å². The van der Waals surface area contributed by atoms with Gasteiger partial charge in [-0.2, -0.15) is 26.3 Å². The normalized spacial score (nSPS) is 13.9. The second-order valence-corrected chi connectivity index (χ2v) is 3.63. The lowest BCUT2D eigenvalue weighted by atomic mass is 10.0. The molecule has 1 rings (SSSR count). The number of rotatable bonds is 2. The van der Waals surface area contributed by atoms with Crippen LogP contribution in [0.3, 0.4) is 0 Å². The van der Waals surface area contributed by atoms with Crippen LogP contribution in [-0.4, -0.2) is 6.18 Å². The predicted octanol–water partition coefficient (Wildman–Crippen LogP) is 4.22. The molecule has 0 aromatic heterocycles. The van der Waals surface area contributed by atoms with Crippen LogP contribution in [0.1, 0.15) is 23.6 Å². The molecule has 110 valence electrons. The van der Waals surface area contributed by atoms with E-state index < -0.39 is 41.8 Å². The van der Waals surface area contributed by atoms with Gasteiger partial charge in [0.15, 0.2) is 0 Å². The van der Waals surface area contributed by atoms with Crippen molar-refractivity contribution in [3.05, 3.63) is 35.1 Å². The number of hydrogen-bond donors (Lipinski definition) is 1. The lowest BCUT2D eigenvalue weighted by Gasteiger charge is -2.17. The minimum absolute atomic E-state index is 0. The maximum atomic E-state index is 13.4. The van der Waals surface area contributed by atoms with Crippen LogP contribution in [0.25, 0.3) is 0 Å². The summed E-state index contributed by atoms with van der Waals surface area (Å²) in [4.78, 5) is 0. The second-order valence-electron chi connectivity index (χ2n) is 3.63. The average molecular weight is 312 g/mol. The Hall–Kier alpha value is -1.02. The molecule has 1 aromatic rings. The Morgan fingerprint density at radius 2 is 1.58 bits per heavy atom. The number of alkyl halides is 6. The summed E-state index contributed by atoms with van der Waals surface area (Å²) in [6, 6.07) is 0.199. The molecule has 0 unspecified atom stereocenters. The van der Waals surface area contributed by atoms with Crippen LogP contribution in [0.2, 0.25) is 0 Å². The quantitative estimate of drug-likeness (QED) is 0.813. The molecule has 0 saturated heterocycles. The van der Waals surface area contributed by atoms with Gasteiger partial charge in [-0.25, -0.2) is 4.39 Å². The lowest BCUT2D eigenvalue weighted by Crippen LogP contribution is -2.22. The zero-order chi connectivity index (χ0) is 14.1. The van der Waals surface area contributed by atoms with E-state index in [9.17, 15) is 30.7 Å². The highest BCUT2D eigenvalue weighted by Crippen LogP contribution is 2.35. The van der Waals surface area contributed by atoms with Gasteiger partial charge in [0.1, 0.15) is 5.82 Å². The van der Waals surface area contributed by atoms with Crippen molar-refractivity contribution >= 4 is 12.4 Å². The second kappa shape index (κ2) is 5.96. The fourth-order valence-corrected chi connectivity index (χ4v) is 1.41. The molecule has 0 heterocycles. The average Bonchev–Trinajstić information content (AvgIpc) is 2.12. The molecule has 0 fully saturated rings. The van der Waals surface area contributed by atoms with Gasteiger partial charge in [-0.05, 0) is 6.07 Å². The highest BCUT2D eigenvalue weighted by Gasteiger charge is 2.37. The van der Waals surface area contributed by atoms with E-state index >= 15 is 0 Å². The monoisotopic (exact) mass is 311 g/mol. The van der Waals surface area contributed by atoms with Crippen molar-refractivity contribution in [1.29, 1.82) is 0 Å². The highest BCUT2D eigenvalue weighted by molar-refractivity contribution is 5.85. The molecular formula is C10H9ClF7N. The Bertz CT molecular complexity index is 427. The van der Waals surface area contributed by atoms with Crippen LogP contribution in [-0.2, 0) is 6.18 Å². The van der Waals surface area contributed by atoms with Crippen molar-refractivity contribution in [2.45, 2.75) is 24.8 Å². The third-order valence-corrected chi connectivity index (χ3v) is 2.18. The molecule has 19 heavy (non-hydrogen) atoms. The minimum atomic E-state index is -4.97. The zero-order valence-corrected chi connectivity index (χ0v) is 9.96. The van der Waals surface area contributed by atoms with E-state index in [1.165, 1.54) is 0 Å². The standard InChI is InChI=1S/C10H8F7N.ClH/c11-8-5(7(18)4-9(12,13)14)2-1-3-6(8)10(15,16)17;/h1-3,7H,4,18H2;1H/t7-;/m0./s1. The Balaban J connectivity index is 0.00000324. The number of nitrogens with two attached hydrogens (primary N) is 1. The van der Waals surface area contributed by atoms with Crippen LogP contribution in [0, 0.1) is 5.82 Å². The van der Waals surface area contributed by atoms with E-state index in [0.29, 0.717) is 6.07 Å². The summed E-state index contributed by atoms with van der Waals surface area (Å²) in [5.74, 6) is -1.76. The molecule has 0 amide bonds. The van der Waals surface area contributed by atoms with E-state index in [4.69, 9.17) is 5.73 Å². The molecule has 1 atom stereocenters. The van der Waals surface area contributed by atoms with Crippen molar-refractivity contribution in [3.8, 4) is 0 Å². The molecule has 2 N–H and O–H groups in total. The molecule has 0 radical (unpaired) electrons. The maximum absolute atomic E-state index is 13.4. The summed E-state index contributed by atoms with van der Waals surface area (Å²) >= 11 is 0. The molecule has 1 nitrogen and oxygen atoms in total. The minimum Gasteiger partial charge on any atom is -0.324 e. The molecular weight excluding hydrogens is 303 g/mol. The molecule has 9 heteroatoms. The summed E-state index contributed by atoms with van der Waals surface area (Å²) < 4.78 is 86.5. The predicted molar refractivity (Wildman–Crippen MR) is 56.3 cm³/mol. The van der Waals surface area contributed by atoms with Crippen LogP contribution in [0.5, 0.6) is 0 Å². The molecule has 0 aliphatic rings. The molecule has 0 saturated carbocycles. The summed E-state index contributed by atoms with van der Waals surface area (Å²) in [6.07, 6.45) is -11.2. The summed E-state index contributed by atoms with van der Waals surface area (Å²) in [5.41, 5.74) is 2.64. The van der Waals surface area contributed by atoms with Gasteiger partial charge >= 0.3 is 12.4 Å². The zero-order valence-electron chi connectivity index (χ0n) is 9.15. The fourth-order valence-electron chi connectivity index (χ4n) is 1.41. The molecule has 0 bridgehead atoms. The van der Waals surface area contributed by atoms with Crippen molar-refractivity contribution in [1.82, 2.24) is 0 Å². The Morgan fingerprint density at radius 1 is 1.05 bits per heavy atom. The molecule has 0 spiro atoms. The third kappa shape index (κ3) is 4.87. The number of hydrogen-bond acceptors (Lipinski definition) is 1. The van der Waals surface area contributed by atoms with Crippen molar-refractivity contribution in [3.63, 3.8) is 0 Å². The van der Waals surface area contributed by atoms with Gasteiger partial charge in [0.2, 0.25) is 0 Å². The first-order chi connectivity index (χ1) is 8.02. The van der Waals surface area contributed by atoms with Crippen molar-refractivity contribution < 1.29 is 30.7 Å². The van der Waals surface area contributed by atoms with E-state index in [1.807, 2.05) is 0 Å². The van der Waals surface area contributed by atoms with Gasteiger partial charge in [-0.1, -0.05) is 12.1 Å². The third-order valence-electron chi connectivity index (χ3n) is 2.18.